The van der Waals surface area contributed by atoms with Gasteiger partial charge in [-0.3, -0.25) is 9.79 Å². The molecule has 3 aliphatic rings. The highest BCUT2D eigenvalue weighted by Gasteiger charge is 2.54. The van der Waals surface area contributed by atoms with Gasteiger partial charge < -0.3 is 9.09 Å². The molecule has 5 heterocycles. The Balaban J connectivity index is 1.14. The van der Waals surface area contributed by atoms with Gasteiger partial charge in [0.2, 0.25) is 0 Å². The van der Waals surface area contributed by atoms with Gasteiger partial charge in [0, 0.05) is 51.8 Å². The quantitative estimate of drug-likeness (QED) is 0.328. The van der Waals surface area contributed by atoms with Crippen LogP contribution in [0.15, 0.2) is 80.9 Å². The molecular weight excluding hydrogens is 502 g/mol. The van der Waals surface area contributed by atoms with E-state index < -0.39 is 0 Å². The number of hydrogen-bond acceptors (Lipinski definition) is 7. The second-order valence-electron chi connectivity index (χ2n) is 10.2. The van der Waals surface area contributed by atoms with Gasteiger partial charge >= 0.3 is 0 Å². The molecule has 1 saturated carbocycles. The highest BCUT2D eigenvalue weighted by Crippen LogP contribution is 2.61. The van der Waals surface area contributed by atoms with Crippen LogP contribution in [0.4, 0.5) is 0 Å². The van der Waals surface area contributed by atoms with Gasteiger partial charge in [0.05, 0.1) is 23.1 Å². The van der Waals surface area contributed by atoms with Crippen molar-refractivity contribution in [1.29, 1.82) is 0 Å². The average molecular weight is 522 g/mol. The molecule has 0 radical (unpaired) electrons. The molecule has 8 rings (SSSR count). The number of rotatable bonds is 4. The van der Waals surface area contributed by atoms with Crippen molar-refractivity contribution in [3.8, 4) is 16.8 Å². The van der Waals surface area contributed by atoms with E-state index in [0.717, 1.165) is 56.9 Å². The SMILES string of the molecule is Cc1noc2cc(C3=NC=C(C4C5CC5c5cc(-c6cc(Cl)ccc6-n6cnnn6)cc(=O)n54)C3)ccc12. The Hall–Kier alpha value is -4.37. The number of halogens is 1. The maximum atomic E-state index is 13.6. The average Bonchev–Trinajstić information content (AvgIpc) is 3.35. The van der Waals surface area contributed by atoms with Crippen molar-refractivity contribution in [3.05, 3.63) is 99.0 Å². The zero-order chi connectivity index (χ0) is 25.5. The monoisotopic (exact) mass is 521 g/mol. The number of benzene rings is 2. The van der Waals surface area contributed by atoms with Crippen LogP contribution in [0, 0.1) is 12.8 Å². The van der Waals surface area contributed by atoms with Gasteiger partial charge in [-0.1, -0.05) is 22.8 Å². The molecule has 9 nitrogen and oxygen atoms in total. The number of tetrazole rings is 1. The zero-order valence-corrected chi connectivity index (χ0v) is 21.0. The first-order valence-electron chi connectivity index (χ1n) is 12.5. The van der Waals surface area contributed by atoms with Crippen molar-refractivity contribution in [2.75, 3.05) is 0 Å². The van der Waals surface area contributed by atoms with Crippen LogP contribution in [0.1, 0.15) is 41.8 Å². The molecule has 38 heavy (non-hydrogen) atoms. The normalized spacial score (nSPS) is 21.4. The molecular formula is C28H20ClN7O2. The van der Waals surface area contributed by atoms with Crippen molar-refractivity contribution in [3.63, 3.8) is 0 Å². The smallest absolute Gasteiger partial charge is 0.251 e. The van der Waals surface area contributed by atoms with Crippen LogP contribution >= 0.6 is 11.6 Å². The molecule has 0 saturated heterocycles. The minimum absolute atomic E-state index is 0.0207. The molecule has 1 fully saturated rings. The molecule has 3 atom stereocenters. The fourth-order valence-corrected chi connectivity index (χ4v) is 6.30. The standard InChI is InChI=1S/C28H20ClN7O2/c1-14-19-4-2-15(8-26(19)38-32-14)23-6-17(12-30-23)28-22-11-21(22)25-7-16(9-27(37)36(25)28)20-10-18(29)3-5-24(20)35-13-31-33-34-35/h2-5,7-10,12-13,21-22,28H,6,11H2,1H3. The number of allylic oxidation sites excluding steroid dienone is 1. The summed E-state index contributed by atoms with van der Waals surface area (Å²) < 4.78 is 9.01. The molecule has 0 bridgehead atoms. The van der Waals surface area contributed by atoms with Gasteiger partial charge in [0.15, 0.2) is 5.58 Å². The summed E-state index contributed by atoms with van der Waals surface area (Å²) in [6.07, 6.45) is 5.26. The molecule has 5 aromatic rings. The van der Waals surface area contributed by atoms with Crippen LogP contribution in [0.3, 0.4) is 0 Å². The predicted molar refractivity (Wildman–Crippen MR) is 142 cm³/mol. The lowest BCUT2D eigenvalue weighted by Crippen LogP contribution is -2.26. The number of fused-ring (bicyclic) bond motifs is 4. The summed E-state index contributed by atoms with van der Waals surface area (Å²) in [5.41, 5.74) is 8.25. The Bertz CT molecular complexity index is 1900. The Kier molecular flexibility index (Phi) is 4.46. The van der Waals surface area contributed by atoms with E-state index >= 15 is 0 Å². The summed E-state index contributed by atoms with van der Waals surface area (Å²) >= 11 is 6.36. The Labute approximate surface area is 221 Å². The third-order valence-electron chi connectivity index (χ3n) is 7.99. The summed E-state index contributed by atoms with van der Waals surface area (Å²) in [5, 5.41) is 17.2. The van der Waals surface area contributed by atoms with Crippen LogP contribution in [-0.2, 0) is 0 Å². The maximum absolute atomic E-state index is 13.6. The highest BCUT2D eigenvalue weighted by molar-refractivity contribution is 6.31. The molecule has 3 aromatic heterocycles. The Morgan fingerprint density at radius 2 is 2.00 bits per heavy atom. The Morgan fingerprint density at radius 1 is 1.08 bits per heavy atom. The van der Waals surface area contributed by atoms with Gasteiger partial charge in [0.1, 0.15) is 6.33 Å². The van der Waals surface area contributed by atoms with E-state index in [9.17, 15) is 4.79 Å². The maximum Gasteiger partial charge on any atom is 0.251 e. The molecule has 0 N–H and O–H groups in total. The fourth-order valence-electron chi connectivity index (χ4n) is 6.13. The number of hydrogen-bond donors (Lipinski definition) is 0. The van der Waals surface area contributed by atoms with E-state index in [1.165, 1.54) is 11.9 Å². The molecule has 2 aliphatic heterocycles. The molecule has 1 aliphatic carbocycles. The van der Waals surface area contributed by atoms with Gasteiger partial charge in [-0.05, 0) is 77.2 Å². The number of aromatic nitrogens is 6. The highest BCUT2D eigenvalue weighted by atomic mass is 35.5. The second-order valence-corrected chi connectivity index (χ2v) is 10.6. The lowest BCUT2D eigenvalue weighted by molar-refractivity contribution is 0.450. The minimum atomic E-state index is -0.0229. The zero-order valence-electron chi connectivity index (χ0n) is 20.2. The summed E-state index contributed by atoms with van der Waals surface area (Å²) in [5.74, 6) is 0.776. The Morgan fingerprint density at radius 3 is 2.87 bits per heavy atom. The topological polar surface area (TPSA) is 104 Å². The van der Waals surface area contributed by atoms with Crippen LogP contribution in [0.5, 0.6) is 0 Å². The molecule has 3 unspecified atom stereocenters. The van der Waals surface area contributed by atoms with Crippen molar-refractivity contribution >= 4 is 28.3 Å². The minimum Gasteiger partial charge on any atom is -0.356 e. The summed E-state index contributed by atoms with van der Waals surface area (Å²) in [6, 6.07) is 15.4. The van der Waals surface area contributed by atoms with Gasteiger partial charge in [-0.2, -0.15) is 4.68 Å². The first-order chi connectivity index (χ1) is 18.5. The van der Waals surface area contributed by atoms with E-state index in [0.29, 0.717) is 23.3 Å². The first-order valence-corrected chi connectivity index (χ1v) is 12.8. The van der Waals surface area contributed by atoms with E-state index in [4.69, 9.17) is 21.1 Å². The number of aryl methyl sites for hydroxylation is 1. The van der Waals surface area contributed by atoms with E-state index in [2.05, 4.69) is 32.8 Å². The third kappa shape index (κ3) is 3.18. The summed E-state index contributed by atoms with van der Waals surface area (Å²) in [7, 11) is 0. The van der Waals surface area contributed by atoms with Crippen molar-refractivity contribution in [2.45, 2.75) is 31.7 Å². The molecule has 0 amide bonds. The van der Waals surface area contributed by atoms with Gasteiger partial charge in [-0.15, -0.1) is 5.10 Å². The molecule has 2 aromatic carbocycles. The van der Waals surface area contributed by atoms with Gasteiger partial charge in [-0.25, -0.2) is 0 Å². The lowest BCUT2D eigenvalue weighted by atomic mass is 9.96. The van der Waals surface area contributed by atoms with Crippen molar-refractivity contribution in [1.82, 2.24) is 29.9 Å². The summed E-state index contributed by atoms with van der Waals surface area (Å²) in [6.45, 7) is 1.93. The van der Waals surface area contributed by atoms with E-state index in [1.54, 1.807) is 16.8 Å². The molecule has 10 heteroatoms. The van der Waals surface area contributed by atoms with Crippen LogP contribution < -0.4 is 5.56 Å². The first kappa shape index (κ1) is 21.7. The largest absolute Gasteiger partial charge is 0.356 e. The number of aliphatic imine (C=N–C) groups is 1. The number of nitrogens with zero attached hydrogens (tertiary/aromatic N) is 7. The predicted octanol–water partition coefficient (Wildman–Crippen LogP) is 5.03. The second kappa shape index (κ2) is 7.82. The van der Waals surface area contributed by atoms with Crippen LogP contribution in [0.2, 0.25) is 5.02 Å². The van der Waals surface area contributed by atoms with Crippen molar-refractivity contribution in [2.24, 2.45) is 10.9 Å². The van der Waals surface area contributed by atoms with E-state index in [1.807, 2.05) is 42.0 Å². The summed E-state index contributed by atoms with van der Waals surface area (Å²) in [4.78, 5) is 18.4. The number of pyridine rings is 1. The van der Waals surface area contributed by atoms with Crippen LogP contribution in [-0.4, -0.2) is 35.6 Å². The third-order valence-corrected chi connectivity index (χ3v) is 8.23. The van der Waals surface area contributed by atoms with Gasteiger partial charge in [0.25, 0.3) is 5.56 Å². The molecule has 186 valence electrons. The molecule has 0 spiro atoms. The van der Waals surface area contributed by atoms with Crippen molar-refractivity contribution < 1.29 is 4.52 Å². The lowest BCUT2D eigenvalue weighted by Gasteiger charge is -2.20. The van der Waals surface area contributed by atoms with Crippen LogP contribution in [0.25, 0.3) is 27.8 Å². The van der Waals surface area contributed by atoms with E-state index in [-0.39, 0.29) is 11.6 Å². The fraction of sp³-hybridized carbons (Fsp3) is 0.214.